The Morgan fingerprint density at radius 2 is 2.00 bits per heavy atom. The molecule has 0 radical (unpaired) electrons. The van der Waals surface area contributed by atoms with Crippen molar-refractivity contribution in [1.82, 2.24) is 10.2 Å². The molecule has 1 aliphatic heterocycles. The van der Waals surface area contributed by atoms with Gasteiger partial charge in [0.15, 0.2) is 0 Å². The number of nitrogens with zero attached hydrogens (tertiary/aromatic N) is 1. The maximum absolute atomic E-state index is 3.57. The third-order valence-corrected chi connectivity index (χ3v) is 5.98. The summed E-state index contributed by atoms with van der Waals surface area (Å²) in [6.45, 7) is 9.99. The van der Waals surface area contributed by atoms with Gasteiger partial charge in [0, 0.05) is 19.1 Å². The molecule has 0 aromatic heterocycles. The van der Waals surface area contributed by atoms with Gasteiger partial charge in [-0.2, -0.15) is 0 Å². The molecule has 19 heavy (non-hydrogen) atoms. The van der Waals surface area contributed by atoms with Gasteiger partial charge in [-0.25, -0.2) is 0 Å². The molecule has 3 aliphatic rings. The fourth-order valence-corrected chi connectivity index (χ4v) is 4.81. The van der Waals surface area contributed by atoms with Crippen LogP contribution in [-0.2, 0) is 0 Å². The fourth-order valence-electron chi connectivity index (χ4n) is 4.81. The van der Waals surface area contributed by atoms with Crippen LogP contribution in [-0.4, -0.2) is 37.1 Å². The first kappa shape index (κ1) is 13.9. The van der Waals surface area contributed by atoms with E-state index in [0.29, 0.717) is 0 Å². The van der Waals surface area contributed by atoms with Gasteiger partial charge in [-0.3, -0.25) is 0 Å². The predicted octanol–water partition coefficient (Wildman–Crippen LogP) is 3.13. The van der Waals surface area contributed by atoms with Crippen molar-refractivity contribution < 1.29 is 0 Å². The van der Waals surface area contributed by atoms with Gasteiger partial charge in [0.1, 0.15) is 0 Å². The Hall–Kier alpha value is -0.0800. The molecule has 2 bridgehead atoms. The third-order valence-electron chi connectivity index (χ3n) is 5.98. The van der Waals surface area contributed by atoms with Crippen LogP contribution in [0.2, 0.25) is 0 Å². The van der Waals surface area contributed by atoms with Crippen LogP contribution < -0.4 is 5.32 Å². The van der Waals surface area contributed by atoms with Crippen LogP contribution >= 0.6 is 0 Å². The second-order valence-corrected chi connectivity index (χ2v) is 7.69. The highest BCUT2D eigenvalue weighted by Gasteiger charge is 2.40. The molecule has 2 aliphatic carbocycles. The minimum Gasteiger partial charge on any atom is -0.316 e. The van der Waals surface area contributed by atoms with Crippen molar-refractivity contribution in [3.63, 3.8) is 0 Å². The van der Waals surface area contributed by atoms with Gasteiger partial charge in [-0.15, -0.1) is 0 Å². The standard InChI is InChI=1S/C17H32N2/c1-13(2)19(11-15-4-3-7-18-10-15)12-17-9-14-5-6-16(17)8-14/h13-18H,3-12H2,1-2H3. The predicted molar refractivity (Wildman–Crippen MR) is 81.2 cm³/mol. The normalized spacial score (nSPS) is 38.5. The Bertz CT molecular complexity index is 283. The molecule has 2 nitrogen and oxygen atoms in total. The van der Waals surface area contributed by atoms with Gasteiger partial charge in [0.25, 0.3) is 0 Å². The summed E-state index contributed by atoms with van der Waals surface area (Å²) in [5.74, 6) is 4.10. The highest BCUT2D eigenvalue weighted by atomic mass is 15.2. The Balaban J connectivity index is 1.52. The summed E-state index contributed by atoms with van der Waals surface area (Å²) in [6, 6.07) is 0.723. The van der Waals surface area contributed by atoms with E-state index in [2.05, 4.69) is 24.1 Å². The molecule has 0 amide bonds. The summed E-state index contributed by atoms with van der Waals surface area (Å²) in [4.78, 5) is 2.79. The second-order valence-electron chi connectivity index (χ2n) is 7.69. The topological polar surface area (TPSA) is 15.3 Å². The summed E-state index contributed by atoms with van der Waals surface area (Å²) < 4.78 is 0. The first-order valence-corrected chi connectivity index (χ1v) is 8.67. The number of fused-ring (bicyclic) bond motifs is 2. The van der Waals surface area contributed by atoms with Gasteiger partial charge in [-0.1, -0.05) is 6.42 Å². The van der Waals surface area contributed by atoms with E-state index in [1.807, 2.05) is 0 Å². The number of hydrogen-bond acceptors (Lipinski definition) is 2. The van der Waals surface area contributed by atoms with Crippen LogP contribution in [0.3, 0.4) is 0 Å². The van der Waals surface area contributed by atoms with Crippen molar-refractivity contribution in [2.75, 3.05) is 26.2 Å². The third kappa shape index (κ3) is 3.33. The van der Waals surface area contributed by atoms with Crippen molar-refractivity contribution in [2.24, 2.45) is 23.7 Å². The number of rotatable bonds is 5. The molecule has 1 saturated heterocycles. The van der Waals surface area contributed by atoms with Crippen LogP contribution in [0, 0.1) is 23.7 Å². The SMILES string of the molecule is CC(C)N(CC1CCCNC1)CC1CC2CCC1C2. The molecular weight excluding hydrogens is 232 g/mol. The maximum atomic E-state index is 3.57. The summed E-state index contributed by atoms with van der Waals surface area (Å²) in [5.41, 5.74) is 0. The lowest BCUT2D eigenvalue weighted by atomic mass is 9.87. The molecule has 2 heteroatoms. The van der Waals surface area contributed by atoms with Crippen molar-refractivity contribution in [2.45, 2.75) is 58.4 Å². The maximum Gasteiger partial charge on any atom is 0.00388 e. The average molecular weight is 264 g/mol. The molecule has 0 aromatic carbocycles. The molecular formula is C17H32N2. The van der Waals surface area contributed by atoms with E-state index in [9.17, 15) is 0 Å². The quantitative estimate of drug-likeness (QED) is 0.821. The Kier molecular flexibility index (Phi) is 4.48. The molecule has 3 fully saturated rings. The van der Waals surface area contributed by atoms with Gasteiger partial charge >= 0.3 is 0 Å². The van der Waals surface area contributed by atoms with Crippen LogP contribution in [0.5, 0.6) is 0 Å². The summed E-state index contributed by atoms with van der Waals surface area (Å²) in [5, 5.41) is 3.57. The van der Waals surface area contributed by atoms with Crippen LogP contribution in [0.15, 0.2) is 0 Å². The zero-order valence-electron chi connectivity index (χ0n) is 12.9. The fraction of sp³-hybridized carbons (Fsp3) is 1.00. The summed E-state index contributed by atoms with van der Waals surface area (Å²) in [6.07, 6.45) is 8.98. The molecule has 4 atom stereocenters. The lowest BCUT2D eigenvalue weighted by Gasteiger charge is -2.36. The second kappa shape index (κ2) is 6.13. The first-order chi connectivity index (χ1) is 9.22. The van der Waals surface area contributed by atoms with Gasteiger partial charge in [-0.05, 0) is 82.7 Å². The van der Waals surface area contributed by atoms with Crippen molar-refractivity contribution in [3.05, 3.63) is 0 Å². The zero-order chi connectivity index (χ0) is 13.2. The molecule has 1 N–H and O–H groups in total. The molecule has 0 aromatic rings. The van der Waals surface area contributed by atoms with E-state index >= 15 is 0 Å². The summed E-state index contributed by atoms with van der Waals surface area (Å²) >= 11 is 0. The van der Waals surface area contributed by atoms with E-state index < -0.39 is 0 Å². The van der Waals surface area contributed by atoms with Crippen molar-refractivity contribution in [3.8, 4) is 0 Å². The van der Waals surface area contributed by atoms with E-state index in [-0.39, 0.29) is 0 Å². The van der Waals surface area contributed by atoms with E-state index in [1.54, 1.807) is 6.42 Å². The summed E-state index contributed by atoms with van der Waals surface area (Å²) in [7, 11) is 0. The Morgan fingerprint density at radius 3 is 2.58 bits per heavy atom. The minimum absolute atomic E-state index is 0.723. The van der Waals surface area contributed by atoms with Gasteiger partial charge in [0.2, 0.25) is 0 Å². The van der Waals surface area contributed by atoms with E-state index in [0.717, 1.165) is 29.7 Å². The number of nitrogens with one attached hydrogen (secondary N) is 1. The van der Waals surface area contributed by atoms with Crippen molar-refractivity contribution in [1.29, 1.82) is 0 Å². The average Bonchev–Trinajstić information content (AvgIpc) is 3.01. The monoisotopic (exact) mass is 264 g/mol. The first-order valence-electron chi connectivity index (χ1n) is 8.67. The van der Waals surface area contributed by atoms with Gasteiger partial charge < -0.3 is 10.2 Å². The molecule has 2 saturated carbocycles. The zero-order valence-corrected chi connectivity index (χ0v) is 12.9. The Morgan fingerprint density at radius 1 is 1.11 bits per heavy atom. The largest absolute Gasteiger partial charge is 0.316 e. The Labute approximate surface area is 119 Å². The number of hydrogen-bond donors (Lipinski definition) is 1. The number of piperidine rings is 1. The van der Waals surface area contributed by atoms with Gasteiger partial charge in [0.05, 0.1) is 0 Å². The lowest BCUT2D eigenvalue weighted by Crippen LogP contribution is -2.43. The highest BCUT2D eigenvalue weighted by molar-refractivity contribution is 4.92. The highest BCUT2D eigenvalue weighted by Crippen LogP contribution is 2.48. The smallest absolute Gasteiger partial charge is 0.00388 e. The molecule has 110 valence electrons. The molecule has 4 unspecified atom stereocenters. The van der Waals surface area contributed by atoms with E-state index in [4.69, 9.17) is 0 Å². The lowest BCUT2D eigenvalue weighted by molar-refractivity contribution is 0.127. The molecule has 0 spiro atoms. The van der Waals surface area contributed by atoms with Crippen molar-refractivity contribution >= 4 is 0 Å². The van der Waals surface area contributed by atoms with Crippen LogP contribution in [0.25, 0.3) is 0 Å². The minimum atomic E-state index is 0.723. The molecule has 1 heterocycles. The van der Waals surface area contributed by atoms with Crippen LogP contribution in [0.4, 0.5) is 0 Å². The van der Waals surface area contributed by atoms with Crippen LogP contribution in [0.1, 0.15) is 52.4 Å². The van der Waals surface area contributed by atoms with E-state index in [1.165, 1.54) is 58.3 Å². The molecule has 3 rings (SSSR count).